The topological polar surface area (TPSA) is 73.9 Å². The molecule has 0 spiro atoms. The SMILES string of the molecule is O=C(COC(=O)c1cc(Cl)c2c(c1)OCCO2)Nc1cccc(C(F)(F)F)c1. The van der Waals surface area contributed by atoms with Crippen LogP contribution in [-0.2, 0) is 15.7 Å². The number of ether oxygens (including phenoxy) is 3. The molecular formula is C18H13ClF3NO5. The van der Waals surface area contributed by atoms with Gasteiger partial charge in [0.15, 0.2) is 18.1 Å². The quantitative estimate of drug-likeness (QED) is 0.766. The molecule has 1 N–H and O–H groups in total. The minimum Gasteiger partial charge on any atom is -0.486 e. The molecule has 0 bridgehead atoms. The number of carbonyl (C=O) groups is 2. The van der Waals surface area contributed by atoms with Crippen LogP contribution in [0.25, 0.3) is 0 Å². The van der Waals surface area contributed by atoms with E-state index in [0.717, 1.165) is 18.2 Å². The molecule has 0 atom stereocenters. The van der Waals surface area contributed by atoms with E-state index in [4.69, 9.17) is 25.8 Å². The Morgan fingerprint density at radius 2 is 1.89 bits per heavy atom. The van der Waals surface area contributed by atoms with E-state index >= 15 is 0 Å². The van der Waals surface area contributed by atoms with Gasteiger partial charge in [-0.25, -0.2) is 4.79 Å². The molecule has 148 valence electrons. The third kappa shape index (κ3) is 4.66. The van der Waals surface area contributed by atoms with Gasteiger partial charge >= 0.3 is 12.1 Å². The number of benzene rings is 2. The van der Waals surface area contributed by atoms with Crippen molar-refractivity contribution >= 4 is 29.2 Å². The van der Waals surface area contributed by atoms with Gasteiger partial charge in [0.25, 0.3) is 5.91 Å². The predicted molar refractivity (Wildman–Crippen MR) is 92.8 cm³/mol. The van der Waals surface area contributed by atoms with Crippen LogP contribution in [0.3, 0.4) is 0 Å². The van der Waals surface area contributed by atoms with Crippen LogP contribution in [0.2, 0.25) is 5.02 Å². The zero-order valence-electron chi connectivity index (χ0n) is 14.1. The molecule has 0 fully saturated rings. The Morgan fingerprint density at radius 3 is 2.64 bits per heavy atom. The fourth-order valence-electron chi connectivity index (χ4n) is 2.41. The van der Waals surface area contributed by atoms with Crippen LogP contribution < -0.4 is 14.8 Å². The molecule has 0 saturated heterocycles. The largest absolute Gasteiger partial charge is 0.486 e. The number of fused-ring (bicyclic) bond motifs is 1. The van der Waals surface area contributed by atoms with E-state index in [0.29, 0.717) is 19.0 Å². The van der Waals surface area contributed by atoms with Crippen LogP contribution in [0.5, 0.6) is 11.5 Å². The fourth-order valence-corrected chi connectivity index (χ4v) is 2.68. The van der Waals surface area contributed by atoms with Gasteiger partial charge in [-0.3, -0.25) is 4.79 Å². The fraction of sp³-hybridized carbons (Fsp3) is 0.222. The minimum absolute atomic E-state index is 0.0427. The number of halogens is 4. The van der Waals surface area contributed by atoms with Gasteiger partial charge in [-0.1, -0.05) is 17.7 Å². The summed E-state index contributed by atoms with van der Waals surface area (Å²) in [5, 5.41) is 2.39. The summed E-state index contributed by atoms with van der Waals surface area (Å²) in [4.78, 5) is 24.0. The van der Waals surface area contributed by atoms with Gasteiger partial charge < -0.3 is 19.5 Å². The van der Waals surface area contributed by atoms with Gasteiger partial charge in [-0.05, 0) is 30.3 Å². The number of nitrogens with one attached hydrogen (secondary N) is 1. The molecule has 28 heavy (non-hydrogen) atoms. The molecule has 6 nitrogen and oxygen atoms in total. The first-order valence-electron chi connectivity index (χ1n) is 7.97. The van der Waals surface area contributed by atoms with Crippen molar-refractivity contribution in [1.82, 2.24) is 0 Å². The smallest absolute Gasteiger partial charge is 0.416 e. The highest BCUT2D eigenvalue weighted by Gasteiger charge is 2.30. The maximum absolute atomic E-state index is 12.7. The molecule has 2 aromatic rings. The number of rotatable bonds is 4. The predicted octanol–water partition coefficient (Wildman–Crippen LogP) is 3.93. The van der Waals surface area contributed by atoms with Crippen LogP contribution in [0.1, 0.15) is 15.9 Å². The van der Waals surface area contributed by atoms with Crippen LogP contribution in [-0.4, -0.2) is 31.7 Å². The normalized spacial score (nSPS) is 13.0. The number of hydrogen-bond acceptors (Lipinski definition) is 5. The number of amides is 1. The average molecular weight is 416 g/mol. The van der Waals surface area contributed by atoms with Crippen molar-refractivity contribution in [1.29, 1.82) is 0 Å². The van der Waals surface area contributed by atoms with Crippen molar-refractivity contribution in [3.8, 4) is 11.5 Å². The second-order valence-electron chi connectivity index (χ2n) is 5.69. The summed E-state index contributed by atoms with van der Waals surface area (Å²) < 4.78 is 53.6. The third-order valence-corrected chi connectivity index (χ3v) is 3.92. The van der Waals surface area contributed by atoms with E-state index in [-0.39, 0.29) is 22.0 Å². The molecule has 0 aromatic heterocycles. The lowest BCUT2D eigenvalue weighted by Gasteiger charge is -2.19. The van der Waals surface area contributed by atoms with E-state index in [9.17, 15) is 22.8 Å². The first-order chi connectivity index (χ1) is 13.2. The molecule has 1 aliphatic heterocycles. The first-order valence-corrected chi connectivity index (χ1v) is 8.35. The molecular weight excluding hydrogens is 403 g/mol. The first kappa shape index (κ1) is 19.8. The van der Waals surface area contributed by atoms with Crippen LogP contribution in [0.15, 0.2) is 36.4 Å². The molecule has 1 heterocycles. The number of alkyl halides is 3. The molecule has 2 aromatic carbocycles. The highest BCUT2D eigenvalue weighted by atomic mass is 35.5. The Bertz CT molecular complexity index is 917. The van der Waals surface area contributed by atoms with E-state index in [2.05, 4.69) is 5.32 Å². The number of carbonyl (C=O) groups excluding carboxylic acids is 2. The second kappa shape index (κ2) is 7.97. The lowest BCUT2D eigenvalue weighted by Crippen LogP contribution is -2.21. The summed E-state index contributed by atoms with van der Waals surface area (Å²) in [5.74, 6) is -1.06. The average Bonchev–Trinajstić information content (AvgIpc) is 2.65. The third-order valence-electron chi connectivity index (χ3n) is 3.64. The van der Waals surface area contributed by atoms with Gasteiger partial charge in [0.05, 0.1) is 16.1 Å². The zero-order chi connectivity index (χ0) is 20.3. The van der Waals surface area contributed by atoms with Crippen molar-refractivity contribution < 1.29 is 37.0 Å². The summed E-state index contributed by atoms with van der Waals surface area (Å²) in [6, 6.07) is 6.77. The Labute approximate surface area is 162 Å². The van der Waals surface area contributed by atoms with Gasteiger partial charge in [0.2, 0.25) is 0 Å². The standard InChI is InChI=1S/C18H13ClF3NO5/c19-13-6-10(7-14-16(13)27-5-4-26-14)17(25)28-9-15(24)23-12-3-1-2-11(8-12)18(20,21)22/h1-3,6-8H,4-5,9H2,(H,23,24). The van der Waals surface area contributed by atoms with Crippen LogP contribution in [0.4, 0.5) is 18.9 Å². The number of hydrogen-bond donors (Lipinski definition) is 1. The highest BCUT2D eigenvalue weighted by molar-refractivity contribution is 6.32. The molecule has 1 aliphatic rings. The van der Waals surface area contributed by atoms with Crippen molar-refractivity contribution in [3.05, 3.63) is 52.5 Å². The lowest BCUT2D eigenvalue weighted by atomic mass is 10.2. The molecule has 0 radical (unpaired) electrons. The zero-order valence-corrected chi connectivity index (χ0v) is 14.9. The van der Waals surface area contributed by atoms with E-state index < -0.39 is 30.2 Å². The summed E-state index contributed by atoms with van der Waals surface area (Å²) in [6.07, 6.45) is -4.54. The van der Waals surface area contributed by atoms with Gasteiger partial charge in [-0.2, -0.15) is 13.2 Å². The molecule has 0 unspecified atom stereocenters. The molecule has 10 heteroatoms. The van der Waals surface area contributed by atoms with Gasteiger partial charge in [-0.15, -0.1) is 0 Å². The minimum atomic E-state index is -4.54. The molecule has 1 amide bonds. The van der Waals surface area contributed by atoms with Crippen LogP contribution in [0, 0.1) is 0 Å². The Balaban J connectivity index is 1.61. The number of anilines is 1. The monoisotopic (exact) mass is 415 g/mol. The second-order valence-corrected chi connectivity index (χ2v) is 6.09. The summed E-state index contributed by atoms with van der Waals surface area (Å²) >= 11 is 6.03. The van der Waals surface area contributed by atoms with Crippen molar-refractivity contribution in [3.63, 3.8) is 0 Å². The van der Waals surface area contributed by atoms with E-state index in [1.807, 2.05) is 0 Å². The van der Waals surface area contributed by atoms with Gasteiger partial charge in [0, 0.05) is 5.69 Å². The molecule has 0 aliphatic carbocycles. The van der Waals surface area contributed by atoms with Crippen molar-refractivity contribution in [2.24, 2.45) is 0 Å². The molecule has 0 saturated carbocycles. The van der Waals surface area contributed by atoms with E-state index in [1.54, 1.807) is 0 Å². The maximum Gasteiger partial charge on any atom is 0.416 e. The Morgan fingerprint density at radius 1 is 1.14 bits per heavy atom. The number of esters is 1. The Kier molecular flexibility index (Phi) is 5.64. The van der Waals surface area contributed by atoms with E-state index in [1.165, 1.54) is 18.2 Å². The van der Waals surface area contributed by atoms with Crippen molar-refractivity contribution in [2.75, 3.05) is 25.1 Å². The van der Waals surface area contributed by atoms with Crippen LogP contribution >= 0.6 is 11.6 Å². The molecule has 3 rings (SSSR count). The van der Waals surface area contributed by atoms with Crippen molar-refractivity contribution in [2.45, 2.75) is 6.18 Å². The summed E-state index contributed by atoms with van der Waals surface area (Å²) in [5.41, 5.74) is -0.937. The highest BCUT2D eigenvalue weighted by Crippen LogP contribution is 2.38. The maximum atomic E-state index is 12.7. The van der Waals surface area contributed by atoms with Gasteiger partial charge in [0.1, 0.15) is 13.2 Å². The summed E-state index contributed by atoms with van der Waals surface area (Å²) in [6.45, 7) is -0.0748. The lowest BCUT2D eigenvalue weighted by molar-refractivity contribution is -0.137. The summed E-state index contributed by atoms with van der Waals surface area (Å²) in [7, 11) is 0. The Hall–Kier alpha value is -2.94.